The van der Waals surface area contributed by atoms with Gasteiger partial charge in [0.05, 0.1) is 0 Å². The van der Waals surface area contributed by atoms with Crippen molar-refractivity contribution in [2.75, 3.05) is 13.1 Å². The maximum absolute atomic E-state index is 11.2. The quantitative estimate of drug-likeness (QED) is 0.704. The van der Waals surface area contributed by atoms with E-state index in [1.807, 2.05) is 29.2 Å². The Balaban J connectivity index is 1.86. The second-order valence-corrected chi connectivity index (χ2v) is 3.42. The third-order valence-electron chi connectivity index (χ3n) is 2.41. The Bertz CT molecular complexity index is 343. The first-order valence-electron chi connectivity index (χ1n) is 4.85. The minimum absolute atomic E-state index is 0.140. The first kappa shape index (κ1) is 9.00. The average Bonchev–Trinajstić information content (AvgIpc) is 2.63. The summed E-state index contributed by atoms with van der Waals surface area (Å²) in [6, 6.07) is 10.2. The van der Waals surface area contributed by atoms with Crippen molar-refractivity contribution < 1.29 is 4.79 Å². The van der Waals surface area contributed by atoms with E-state index in [-0.39, 0.29) is 5.91 Å². The van der Waals surface area contributed by atoms with Gasteiger partial charge in [-0.25, -0.2) is 0 Å². The summed E-state index contributed by atoms with van der Waals surface area (Å²) in [5.74, 6) is 0.140. The van der Waals surface area contributed by atoms with Crippen LogP contribution in [0.15, 0.2) is 42.5 Å². The van der Waals surface area contributed by atoms with Crippen molar-refractivity contribution in [1.82, 2.24) is 4.90 Å². The molecule has 1 aliphatic heterocycles. The summed E-state index contributed by atoms with van der Waals surface area (Å²) >= 11 is 0. The Kier molecular flexibility index (Phi) is 2.63. The predicted octanol–water partition coefficient (Wildman–Crippen LogP) is 1.63. The Morgan fingerprint density at radius 3 is 2.64 bits per heavy atom. The zero-order chi connectivity index (χ0) is 9.80. The van der Waals surface area contributed by atoms with Gasteiger partial charge in [-0.05, 0) is 12.0 Å². The van der Waals surface area contributed by atoms with Gasteiger partial charge >= 0.3 is 0 Å². The Hall–Kier alpha value is -1.57. The highest BCUT2D eigenvalue weighted by Gasteiger charge is 2.13. The molecular formula is C12H13NO. The fourth-order valence-electron chi connectivity index (χ4n) is 1.59. The largest absolute Gasteiger partial charge is 0.335 e. The van der Waals surface area contributed by atoms with Crippen LogP contribution in [0.25, 0.3) is 0 Å². The molecule has 1 aliphatic rings. The minimum Gasteiger partial charge on any atom is -0.335 e. The Morgan fingerprint density at radius 2 is 2.00 bits per heavy atom. The molecule has 0 bridgehead atoms. The van der Waals surface area contributed by atoms with Crippen molar-refractivity contribution in [3.8, 4) is 0 Å². The SMILES string of the molecule is O=C1C=CCN1CCc1ccccc1. The molecule has 72 valence electrons. The molecule has 0 aromatic heterocycles. The van der Waals surface area contributed by atoms with Crippen molar-refractivity contribution in [2.45, 2.75) is 6.42 Å². The topological polar surface area (TPSA) is 20.3 Å². The molecule has 0 fully saturated rings. The molecule has 2 rings (SSSR count). The number of hydrogen-bond acceptors (Lipinski definition) is 1. The van der Waals surface area contributed by atoms with Crippen molar-refractivity contribution in [3.05, 3.63) is 48.0 Å². The van der Waals surface area contributed by atoms with Crippen LogP contribution in [0.2, 0.25) is 0 Å². The fraction of sp³-hybridized carbons (Fsp3) is 0.250. The lowest BCUT2D eigenvalue weighted by atomic mass is 10.1. The predicted molar refractivity (Wildman–Crippen MR) is 55.9 cm³/mol. The fourth-order valence-corrected chi connectivity index (χ4v) is 1.59. The van der Waals surface area contributed by atoms with Gasteiger partial charge in [0.2, 0.25) is 5.91 Å². The molecule has 1 aromatic rings. The first-order chi connectivity index (χ1) is 6.86. The van der Waals surface area contributed by atoms with Crippen molar-refractivity contribution in [1.29, 1.82) is 0 Å². The highest BCUT2D eigenvalue weighted by molar-refractivity contribution is 5.89. The molecule has 0 radical (unpaired) electrons. The number of nitrogens with zero attached hydrogens (tertiary/aromatic N) is 1. The van der Waals surface area contributed by atoms with Crippen molar-refractivity contribution in [3.63, 3.8) is 0 Å². The van der Waals surface area contributed by atoms with Gasteiger partial charge in [-0.1, -0.05) is 36.4 Å². The van der Waals surface area contributed by atoms with Crippen LogP contribution in [0.3, 0.4) is 0 Å². The van der Waals surface area contributed by atoms with Crippen LogP contribution in [0, 0.1) is 0 Å². The standard InChI is InChI=1S/C12H13NO/c14-12-7-4-9-13(12)10-8-11-5-2-1-3-6-11/h1-7H,8-10H2. The van der Waals surface area contributed by atoms with E-state index < -0.39 is 0 Å². The smallest absolute Gasteiger partial charge is 0.246 e. The molecule has 1 heterocycles. The molecule has 0 spiro atoms. The van der Waals surface area contributed by atoms with Gasteiger partial charge in [0.15, 0.2) is 0 Å². The second-order valence-electron chi connectivity index (χ2n) is 3.42. The maximum atomic E-state index is 11.2. The second kappa shape index (κ2) is 4.09. The van der Waals surface area contributed by atoms with Crippen LogP contribution in [0.5, 0.6) is 0 Å². The van der Waals surface area contributed by atoms with Crippen LogP contribution in [0.4, 0.5) is 0 Å². The molecule has 0 saturated heterocycles. The summed E-state index contributed by atoms with van der Waals surface area (Å²) in [6.45, 7) is 1.58. The molecule has 1 amide bonds. The average molecular weight is 187 g/mol. The van der Waals surface area contributed by atoms with Crippen LogP contribution < -0.4 is 0 Å². The third-order valence-corrected chi connectivity index (χ3v) is 2.41. The number of benzene rings is 1. The monoisotopic (exact) mass is 187 g/mol. The van der Waals surface area contributed by atoms with Crippen LogP contribution in [-0.4, -0.2) is 23.9 Å². The van der Waals surface area contributed by atoms with Gasteiger partial charge in [0.25, 0.3) is 0 Å². The molecule has 1 aromatic carbocycles. The molecule has 2 heteroatoms. The van der Waals surface area contributed by atoms with E-state index in [2.05, 4.69) is 12.1 Å². The van der Waals surface area contributed by atoms with E-state index in [9.17, 15) is 4.79 Å². The minimum atomic E-state index is 0.140. The van der Waals surface area contributed by atoms with Gasteiger partial charge in [-0.2, -0.15) is 0 Å². The lowest BCUT2D eigenvalue weighted by Gasteiger charge is -2.14. The van der Waals surface area contributed by atoms with Crippen LogP contribution >= 0.6 is 0 Å². The van der Waals surface area contributed by atoms with E-state index in [1.54, 1.807) is 6.08 Å². The number of carbonyl (C=O) groups excluding carboxylic acids is 1. The van der Waals surface area contributed by atoms with E-state index in [1.165, 1.54) is 5.56 Å². The van der Waals surface area contributed by atoms with Crippen LogP contribution in [0.1, 0.15) is 5.56 Å². The van der Waals surface area contributed by atoms with E-state index in [0.29, 0.717) is 0 Å². The molecule has 0 N–H and O–H groups in total. The van der Waals surface area contributed by atoms with E-state index >= 15 is 0 Å². The summed E-state index contributed by atoms with van der Waals surface area (Å²) in [7, 11) is 0. The van der Waals surface area contributed by atoms with Gasteiger partial charge in [0, 0.05) is 19.2 Å². The molecular weight excluding hydrogens is 174 g/mol. The first-order valence-corrected chi connectivity index (χ1v) is 4.85. The maximum Gasteiger partial charge on any atom is 0.246 e. The van der Waals surface area contributed by atoms with Gasteiger partial charge < -0.3 is 4.90 Å². The van der Waals surface area contributed by atoms with Crippen molar-refractivity contribution >= 4 is 5.91 Å². The van der Waals surface area contributed by atoms with Gasteiger partial charge in [0.1, 0.15) is 0 Å². The Morgan fingerprint density at radius 1 is 1.21 bits per heavy atom. The van der Waals surface area contributed by atoms with E-state index in [0.717, 1.165) is 19.5 Å². The summed E-state index contributed by atoms with van der Waals surface area (Å²) in [5.41, 5.74) is 1.28. The molecule has 0 unspecified atom stereocenters. The van der Waals surface area contributed by atoms with Crippen LogP contribution in [-0.2, 0) is 11.2 Å². The van der Waals surface area contributed by atoms with E-state index in [4.69, 9.17) is 0 Å². The molecule has 0 aliphatic carbocycles. The zero-order valence-electron chi connectivity index (χ0n) is 8.02. The summed E-state index contributed by atoms with van der Waals surface area (Å²) < 4.78 is 0. The van der Waals surface area contributed by atoms with Gasteiger partial charge in [-0.3, -0.25) is 4.79 Å². The summed E-state index contributed by atoms with van der Waals surface area (Å²) in [6.07, 6.45) is 4.49. The molecule has 2 nitrogen and oxygen atoms in total. The van der Waals surface area contributed by atoms with Crippen molar-refractivity contribution in [2.24, 2.45) is 0 Å². The highest BCUT2D eigenvalue weighted by Crippen LogP contribution is 2.05. The molecule has 0 saturated carbocycles. The number of rotatable bonds is 3. The highest BCUT2D eigenvalue weighted by atomic mass is 16.2. The Labute approximate surface area is 83.8 Å². The number of carbonyl (C=O) groups is 1. The molecule has 14 heavy (non-hydrogen) atoms. The summed E-state index contributed by atoms with van der Waals surface area (Å²) in [5, 5.41) is 0. The third kappa shape index (κ3) is 2.02. The number of amides is 1. The van der Waals surface area contributed by atoms with Gasteiger partial charge in [-0.15, -0.1) is 0 Å². The molecule has 0 atom stereocenters. The number of hydrogen-bond donors (Lipinski definition) is 0. The lowest BCUT2D eigenvalue weighted by molar-refractivity contribution is -0.124. The normalized spacial score (nSPS) is 15.1. The zero-order valence-corrected chi connectivity index (χ0v) is 8.02. The summed E-state index contributed by atoms with van der Waals surface area (Å²) in [4.78, 5) is 13.1. The lowest BCUT2D eigenvalue weighted by Crippen LogP contribution is -2.27.